The summed E-state index contributed by atoms with van der Waals surface area (Å²) >= 11 is 0. The first-order valence-corrected chi connectivity index (χ1v) is 11.0. The van der Waals surface area contributed by atoms with Crippen LogP contribution in [0.25, 0.3) is 10.9 Å². The molecule has 0 bridgehead atoms. The Balaban J connectivity index is 1.46. The van der Waals surface area contributed by atoms with Crippen LogP contribution in [0, 0.1) is 6.92 Å². The summed E-state index contributed by atoms with van der Waals surface area (Å²) in [6, 6.07) is 8.04. The summed E-state index contributed by atoms with van der Waals surface area (Å²) in [6.07, 6.45) is 0. The Morgan fingerprint density at radius 1 is 0.964 bits per heavy atom. The number of aryl methyl sites for hydroxylation is 2. The largest absolute Gasteiger partial charge is 0.379 e. The van der Waals surface area contributed by atoms with Crippen LogP contribution in [-0.2, 0) is 22.0 Å². The minimum Gasteiger partial charge on any atom is -0.379 e. The predicted octanol–water partition coefficient (Wildman–Crippen LogP) is 0.822. The van der Waals surface area contributed by atoms with Gasteiger partial charge in [-0.25, -0.2) is 0 Å². The summed E-state index contributed by atoms with van der Waals surface area (Å²) in [5, 5.41) is 1.04. The molecule has 0 spiro atoms. The first-order valence-electron chi connectivity index (χ1n) is 9.56. The van der Waals surface area contributed by atoms with E-state index in [1.54, 1.807) is 4.90 Å². The number of aromatic nitrogens is 1. The summed E-state index contributed by atoms with van der Waals surface area (Å²) < 4.78 is 35.7. The molecule has 3 heterocycles. The Bertz CT molecular complexity index is 987. The number of nitrogens with zero attached hydrogens (tertiary/aromatic N) is 4. The molecule has 28 heavy (non-hydrogen) atoms. The van der Waals surface area contributed by atoms with Crippen LogP contribution in [0.2, 0.25) is 0 Å². The molecule has 0 atom stereocenters. The lowest BCUT2D eigenvalue weighted by Crippen LogP contribution is -2.55. The molecule has 152 valence electrons. The van der Waals surface area contributed by atoms with Gasteiger partial charge in [-0.05, 0) is 25.1 Å². The normalized spacial score (nSPS) is 20.0. The lowest BCUT2D eigenvalue weighted by molar-refractivity contribution is 0.0631. The zero-order valence-electron chi connectivity index (χ0n) is 16.3. The zero-order chi connectivity index (χ0) is 19.9. The Kier molecular flexibility index (Phi) is 5.17. The smallest absolute Gasteiger partial charge is 0.282 e. The number of piperazine rings is 1. The van der Waals surface area contributed by atoms with Crippen LogP contribution in [0.15, 0.2) is 24.3 Å². The number of carbonyl (C=O) groups is 1. The van der Waals surface area contributed by atoms with E-state index in [9.17, 15) is 13.2 Å². The fourth-order valence-electron chi connectivity index (χ4n) is 3.90. The summed E-state index contributed by atoms with van der Waals surface area (Å²) in [5.41, 5.74) is 2.80. The highest BCUT2D eigenvalue weighted by atomic mass is 32.2. The molecule has 2 saturated heterocycles. The first-order chi connectivity index (χ1) is 13.4. The van der Waals surface area contributed by atoms with Gasteiger partial charge in [0, 0.05) is 57.2 Å². The van der Waals surface area contributed by atoms with Gasteiger partial charge in [0.1, 0.15) is 5.69 Å². The molecular formula is C19H26N4O4S. The number of morpholine rings is 1. The number of amides is 1. The van der Waals surface area contributed by atoms with Gasteiger partial charge in [-0.2, -0.15) is 17.0 Å². The Morgan fingerprint density at radius 2 is 1.61 bits per heavy atom. The van der Waals surface area contributed by atoms with Gasteiger partial charge in [-0.3, -0.25) is 4.79 Å². The number of hydrogen-bond donors (Lipinski definition) is 0. The van der Waals surface area contributed by atoms with E-state index in [2.05, 4.69) is 6.07 Å². The second-order valence-electron chi connectivity index (χ2n) is 7.36. The monoisotopic (exact) mass is 406 g/mol. The fraction of sp³-hybridized carbons (Fsp3) is 0.526. The molecule has 2 fully saturated rings. The van der Waals surface area contributed by atoms with E-state index in [0.717, 1.165) is 16.5 Å². The Hall–Kier alpha value is -1.94. The molecule has 2 aliphatic rings. The maximum Gasteiger partial charge on any atom is 0.282 e. The highest BCUT2D eigenvalue weighted by molar-refractivity contribution is 7.86. The maximum absolute atomic E-state index is 13.0. The number of rotatable bonds is 3. The third-order valence-electron chi connectivity index (χ3n) is 5.57. The third kappa shape index (κ3) is 3.43. The van der Waals surface area contributed by atoms with Crippen molar-refractivity contribution in [2.24, 2.45) is 7.05 Å². The molecule has 4 rings (SSSR count). The lowest BCUT2D eigenvalue weighted by atomic mass is 10.2. The van der Waals surface area contributed by atoms with E-state index in [-0.39, 0.29) is 5.91 Å². The average molecular weight is 407 g/mol. The van der Waals surface area contributed by atoms with Crippen LogP contribution < -0.4 is 0 Å². The summed E-state index contributed by atoms with van der Waals surface area (Å²) in [6.45, 7) is 5.07. The Morgan fingerprint density at radius 3 is 2.29 bits per heavy atom. The van der Waals surface area contributed by atoms with E-state index in [4.69, 9.17) is 4.74 Å². The van der Waals surface area contributed by atoms with Crippen molar-refractivity contribution in [2.75, 3.05) is 52.5 Å². The molecule has 0 radical (unpaired) electrons. The van der Waals surface area contributed by atoms with Crippen LogP contribution in [0.5, 0.6) is 0 Å². The van der Waals surface area contributed by atoms with Crippen LogP contribution in [0.4, 0.5) is 0 Å². The predicted molar refractivity (Wildman–Crippen MR) is 106 cm³/mol. The van der Waals surface area contributed by atoms with E-state index in [1.807, 2.05) is 36.7 Å². The second-order valence-corrected chi connectivity index (χ2v) is 9.29. The quantitative estimate of drug-likeness (QED) is 0.757. The molecule has 1 aromatic carbocycles. The van der Waals surface area contributed by atoms with Crippen molar-refractivity contribution in [3.8, 4) is 0 Å². The number of fused-ring (bicyclic) bond motifs is 1. The van der Waals surface area contributed by atoms with Crippen LogP contribution in [-0.4, -0.2) is 84.9 Å². The molecule has 8 nitrogen and oxygen atoms in total. The summed E-state index contributed by atoms with van der Waals surface area (Å²) in [4.78, 5) is 14.8. The fourth-order valence-corrected chi connectivity index (χ4v) is 5.46. The van der Waals surface area contributed by atoms with Crippen molar-refractivity contribution in [2.45, 2.75) is 6.92 Å². The van der Waals surface area contributed by atoms with Crippen molar-refractivity contribution in [3.05, 3.63) is 35.5 Å². The van der Waals surface area contributed by atoms with Gasteiger partial charge in [-0.15, -0.1) is 0 Å². The van der Waals surface area contributed by atoms with Gasteiger partial charge < -0.3 is 14.2 Å². The molecule has 2 aliphatic heterocycles. The molecule has 1 amide bonds. The molecule has 0 aliphatic carbocycles. The van der Waals surface area contributed by atoms with Gasteiger partial charge in [0.2, 0.25) is 0 Å². The van der Waals surface area contributed by atoms with Crippen molar-refractivity contribution in [3.63, 3.8) is 0 Å². The van der Waals surface area contributed by atoms with Crippen molar-refractivity contribution >= 4 is 27.0 Å². The molecule has 0 N–H and O–H groups in total. The van der Waals surface area contributed by atoms with Gasteiger partial charge in [0.05, 0.1) is 13.2 Å². The topological polar surface area (TPSA) is 75.1 Å². The molecule has 9 heteroatoms. The molecule has 0 unspecified atom stereocenters. The van der Waals surface area contributed by atoms with Crippen LogP contribution >= 0.6 is 0 Å². The minimum absolute atomic E-state index is 0.0558. The molecular weight excluding hydrogens is 380 g/mol. The van der Waals surface area contributed by atoms with Gasteiger partial charge >= 0.3 is 0 Å². The first kappa shape index (κ1) is 19.4. The zero-order valence-corrected chi connectivity index (χ0v) is 17.1. The number of benzene rings is 1. The molecule has 0 saturated carbocycles. The Labute approximate surface area is 165 Å². The summed E-state index contributed by atoms with van der Waals surface area (Å²) in [7, 11) is -1.60. The molecule has 1 aromatic heterocycles. The van der Waals surface area contributed by atoms with Crippen molar-refractivity contribution < 1.29 is 17.9 Å². The van der Waals surface area contributed by atoms with E-state index < -0.39 is 10.2 Å². The van der Waals surface area contributed by atoms with Gasteiger partial charge in [0.15, 0.2) is 0 Å². The van der Waals surface area contributed by atoms with Crippen LogP contribution in [0.1, 0.15) is 16.1 Å². The third-order valence-corrected chi connectivity index (χ3v) is 7.60. The van der Waals surface area contributed by atoms with Crippen LogP contribution in [0.3, 0.4) is 0 Å². The lowest BCUT2D eigenvalue weighted by Gasteiger charge is -2.37. The number of hydrogen-bond acceptors (Lipinski definition) is 4. The van der Waals surface area contributed by atoms with Gasteiger partial charge in [-0.1, -0.05) is 11.6 Å². The summed E-state index contributed by atoms with van der Waals surface area (Å²) in [5.74, 6) is -0.0558. The standard InChI is InChI=1S/C19H26N4O4S/c1-15-3-4-17-16(13-15)14-18(20(17)2)19(24)21-5-7-22(8-6-21)28(25,26)23-9-11-27-12-10-23/h3-4,13-14H,5-12H2,1-2H3. The van der Waals surface area contributed by atoms with Crippen molar-refractivity contribution in [1.82, 2.24) is 18.1 Å². The van der Waals surface area contributed by atoms with E-state index >= 15 is 0 Å². The maximum atomic E-state index is 13.0. The van der Waals surface area contributed by atoms with Gasteiger partial charge in [0.25, 0.3) is 16.1 Å². The second kappa shape index (κ2) is 7.47. The minimum atomic E-state index is -3.49. The molecule has 2 aromatic rings. The SMILES string of the molecule is Cc1ccc2c(c1)cc(C(=O)N1CCN(S(=O)(=O)N3CCOCC3)CC1)n2C. The highest BCUT2D eigenvalue weighted by Gasteiger charge is 2.34. The highest BCUT2D eigenvalue weighted by Crippen LogP contribution is 2.22. The number of carbonyl (C=O) groups excluding carboxylic acids is 1. The average Bonchev–Trinajstić information content (AvgIpc) is 3.04. The van der Waals surface area contributed by atoms with Crippen molar-refractivity contribution in [1.29, 1.82) is 0 Å². The van der Waals surface area contributed by atoms with E-state index in [0.29, 0.717) is 58.2 Å². The number of ether oxygens (including phenoxy) is 1. The van der Waals surface area contributed by atoms with E-state index in [1.165, 1.54) is 8.61 Å².